The van der Waals surface area contributed by atoms with Crippen LogP contribution < -0.4 is 4.74 Å². The number of fused-ring (bicyclic) bond motifs is 1. The van der Waals surface area contributed by atoms with E-state index in [1.54, 1.807) is 6.07 Å². The average Bonchev–Trinajstić information content (AvgIpc) is 2.46. The molecule has 0 aromatic heterocycles. The standard InChI is InChI=1S/C12H17N2O4/c1-14(5-7-15)6-8-18-12-10(9-14)3-2-4-11(12)13(16)17/h2-4,15H,5-9H2,1H3/q+1. The summed E-state index contributed by atoms with van der Waals surface area (Å²) in [6, 6.07) is 4.98. The van der Waals surface area contributed by atoms with Crippen LogP contribution in [0.15, 0.2) is 18.2 Å². The fraction of sp³-hybridized carbons (Fsp3) is 0.500. The molecule has 0 spiro atoms. The first-order chi connectivity index (χ1) is 8.56. The van der Waals surface area contributed by atoms with Crippen LogP contribution in [-0.4, -0.2) is 47.9 Å². The molecule has 0 bridgehead atoms. The molecular weight excluding hydrogens is 236 g/mol. The van der Waals surface area contributed by atoms with Crippen LogP contribution in [0.3, 0.4) is 0 Å². The van der Waals surface area contributed by atoms with Gasteiger partial charge in [0.15, 0.2) is 0 Å². The molecule has 1 N–H and O–H groups in total. The third-order valence-electron chi connectivity index (χ3n) is 3.34. The van der Waals surface area contributed by atoms with Crippen molar-refractivity contribution in [1.82, 2.24) is 0 Å². The second-order valence-electron chi connectivity index (χ2n) is 4.82. The zero-order chi connectivity index (χ0) is 13.2. The fourth-order valence-corrected chi connectivity index (χ4v) is 2.30. The molecule has 0 radical (unpaired) electrons. The summed E-state index contributed by atoms with van der Waals surface area (Å²) in [6.45, 7) is 2.50. The second kappa shape index (κ2) is 4.91. The normalized spacial score (nSPS) is 22.8. The molecule has 0 aliphatic carbocycles. The van der Waals surface area contributed by atoms with Crippen LogP contribution in [0.2, 0.25) is 0 Å². The number of ether oxygens (including phenoxy) is 1. The monoisotopic (exact) mass is 253 g/mol. The van der Waals surface area contributed by atoms with E-state index in [0.29, 0.717) is 29.9 Å². The number of rotatable bonds is 3. The number of nitrogens with zero attached hydrogens (tertiary/aromatic N) is 2. The Balaban J connectivity index is 2.38. The highest BCUT2D eigenvalue weighted by molar-refractivity contribution is 5.51. The molecule has 0 saturated heterocycles. The van der Waals surface area contributed by atoms with E-state index in [1.165, 1.54) is 6.07 Å². The zero-order valence-corrected chi connectivity index (χ0v) is 10.3. The van der Waals surface area contributed by atoms with Gasteiger partial charge in [-0.05, 0) is 6.07 Å². The van der Waals surface area contributed by atoms with E-state index in [9.17, 15) is 10.1 Å². The molecule has 98 valence electrons. The van der Waals surface area contributed by atoms with Crippen molar-refractivity contribution >= 4 is 5.69 Å². The maximum atomic E-state index is 11.0. The predicted octanol–water partition coefficient (Wildman–Crippen LogP) is 0.926. The predicted molar refractivity (Wildman–Crippen MR) is 65.3 cm³/mol. The number of aliphatic hydroxyl groups is 1. The molecule has 2 rings (SSSR count). The number of para-hydroxylation sites is 1. The Kier molecular flexibility index (Phi) is 3.49. The molecule has 0 amide bonds. The maximum Gasteiger partial charge on any atom is 0.311 e. The Hall–Kier alpha value is -1.66. The molecule has 1 aliphatic heterocycles. The molecule has 6 heteroatoms. The van der Waals surface area contributed by atoms with E-state index >= 15 is 0 Å². The van der Waals surface area contributed by atoms with Gasteiger partial charge in [0.05, 0.1) is 24.1 Å². The summed E-state index contributed by atoms with van der Waals surface area (Å²) in [5, 5.41) is 20.1. The van der Waals surface area contributed by atoms with E-state index < -0.39 is 4.92 Å². The van der Waals surface area contributed by atoms with Gasteiger partial charge in [0.25, 0.3) is 0 Å². The summed E-state index contributed by atoms with van der Waals surface area (Å²) in [5.74, 6) is 0.377. The van der Waals surface area contributed by atoms with Crippen LogP contribution in [0.25, 0.3) is 0 Å². The number of quaternary nitrogens is 1. The lowest BCUT2D eigenvalue weighted by molar-refractivity contribution is -0.921. The summed E-state index contributed by atoms with van der Waals surface area (Å²) in [4.78, 5) is 10.5. The van der Waals surface area contributed by atoms with Crippen LogP contribution in [0, 0.1) is 10.1 Å². The van der Waals surface area contributed by atoms with Crippen molar-refractivity contribution in [2.45, 2.75) is 6.54 Å². The van der Waals surface area contributed by atoms with Crippen molar-refractivity contribution in [3.63, 3.8) is 0 Å². The first-order valence-electron chi connectivity index (χ1n) is 5.89. The van der Waals surface area contributed by atoms with Crippen molar-refractivity contribution in [1.29, 1.82) is 0 Å². The van der Waals surface area contributed by atoms with Crippen molar-refractivity contribution in [3.8, 4) is 5.75 Å². The van der Waals surface area contributed by atoms with Crippen LogP contribution in [0.1, 0.15) is 5.56 Å². The SMILES string of the molecule is C[N+]1(CCO)CCOc2c(cccc2[N+](=O)[O-])C1. The van der Waals surface area contributed by atoms with Gasteiger partial charge in [-0.2, -0.15) is 0 Å². The largest absolute Gasteiger partial charge is 0.480 e. The minimum Gasteiger partial charge on any atom is -0.480 e. The number of benzene rings is 1. The number of nitro groups is 1. The molecule has 6 nitrogen and oxygen atoms in total. The molecule has 1 heterocycles. The minimum absolute atomic E-state index is 0.0185. The number of hydrogen-bond acceptors (Lipinski definition) is 4. The van der Waals surface area contributed by atoms with Gasteiger partial charge >= 0.3 is 5.69 Å². The molecule has 1 unspecified atom stereocenters. The third-order valence-corrected chi connectivity index (χ3v) is 3.34. The molecular formula is C12H17N2O4+. The summed E-state index contributed by atoms with van der Waals surface area (Å²) in [7, 11) is 2.02. The third kappa shape index (κ3) is 2.44. The van der Waals surface area contributed by atoms with Gasteiger partial charge in [0.1, 0.15) is 26.2 Å². The van der Waals surface area contributed by atoms with E-state index in [-0.39, 0.29) is 12.3 Å². The second-order valence-corrected chi connectivity index (χ2v) is 4.82. The van der Waals surface area contributed by atoms with Gasteiger partial charge < -0.3 is 14.3 Å². The Morgan fingerprint density at radius 3 is 3.00 bits per heavy atom. The summed E-state index contributed by atoms with van der Waals surface area (Å²) in [5.41, 5.74) is 0.850. The lowest BCUT2D eigenvalue weighted by Gasteiger charge is -2.31. The first-order valence-corrected chi connectivity index (χ1v) is 5.89. The Morgan fingerprint density at radius 2 is 2.33 bits per heavy atom. The molecule has 1 aliphatic rings. The highest BCUT2D eigenvalue weighted by Crippen LogP contribution is 2.34. The lowest BCUT2D eigenvalue weighted by atomic mass is 10.1. The molecule has 18 heavy (non-hydrogen) atoms. The molecule has 1 aromatic carbocycles. The number of hydrogen-bond donors (Lipinski definition) is 1. The fourth-order valence-electron chi connectivity index (χ4n) is 2.30. The van der Waals surface area contributed by atoms with Crippen molar-refractivity contribution in [3.05, 3.63) is 33.9 Å². The quantitative estimate of drug-likeness (QED) is 0.494. The highest BCUT2D eigenvalue weighted by atomic mass is 16.6. The lowest BCUT2D eigenvalue weighted by Crippen LogP contribution is -2.46. The Labute approximate surface area is 105 Å². The number of likely N-dealkylation sites (N-methyl/N-ethyl adjacent to an activating group) is 1. The van der Waals surface area contributed by atoms with E-state index in [4.69, 9.17) is 9.84 Å². The summed E-state index contributed by atoms with van der Waals surface area (Å²) < 4.78 is 6.17. The van der Waals surface area contributed by atoms with Gasteiger partial charge in [-0.3, -0.25) is 10.1 Å². The van der Waals surface area contributed by atoms with Crippen molar-refractivity contribution in [2.24, 2.45) is 0 Å². The molecule has 1 aromatic rings. The number of nitro benzene ring substituents is 1. The minimum atomic E-state index is -0.416. The summed E-state index contributed by atoms with van der Waals surface area (Å²) in [6.07, 6.45) is 0. The van der Waals surface area contributed by atoms with Crippen LogP contribution >= 0.6 is 0 Å². The van der Waals surface area contributed by atoms with E-state index in [1.807, 2.05) is 13.1 Å². The Morgan fingerprint density at radius 1 is 1.56 bits per heavy atom. The number of aliphatic hydroxyl groups excluding tert-OH is 1. The molecule has 0 fully saturated rings. The van der Waals surface area contributed by atoms with Crippen LogP contribution in [-0.2, 0) is 6.54 Å². The molecule has 0 saturated carbocycles. The van der Waals surface area contributed by atoms with Gasteiger partial charge in [-0.25, -0.2) is 0 Å². The Bertz CT molecular complexity index is 463. The summed E-state index contributed by atoms with van der Waals surface area (Å²) >= 11 is 0. The van der Waals surface area contributed by atoms with Crippen molar-refractivity contribution in [2.75, 3.05) is 33.4 Å². The topological polar surface area (TPSA) is 72.6 Å². The van der Waals surface area contributed by atoms with Crippen LogP contribution in [0.4, 0.5) is 5.69 Å². The van der Waals surface area contributed by atoms with Crippen LogP contribution in [0.5, 0.6) is 5.75 Å². The van der Waals surface area contributed by atoms with Gasteiger partial charge in [0.2, 0.25) is 5.75 Å². The zero-order valence-electron chi connectivity index (χ0n) is 10.3. The highest BCUT2D eigenvalue weighted by Gasteiger charge is 2.30. The first kappa shape index (κ1) is 12.8. The van der Waals surface area contributed by atoms with Gasteiger partial charge in [-0.1, -0.05) is 6.07 Å². The van der Waals surface area contributed by atoms with E-state index in [0.717, 1.165) is 12.1 Å². The smallest absolute Gasteiger partial charge is 0.311 e. The maximum absolute atomic E-state index is 11.0. The van der Waals surface area contributed by atoms with Gasteiger partial charge in [-0.15, -0.1) is 0 Å². The van der Waals surface area contributed by atoms with Crippen molar-refractivity contribution < 1.29 is 19.2 Å². The molecule has 1 atom stereocenters. The average molecular weight is 253 g/mol. The van der Waals surface area contributed by atoms with E-state index in [2.05, 4.69) is 0 Å². The van der Waals surface area contributed by atoms with Gasteiger partial charge in [0, 0.05) is 6.07 Å².